The molecule has 1 aliphatic heterocycles. The molecule has 1 N–H and O–H groups in total. The molecule has 1 heterocycles. The van der Waals surface area contributed by atoms with Crippen LogP contribution in [0.25, 0.3) is 0 Å². The molecule has 0 aliphatic carbocycles. The Morgan fingerprint density at radius 1 is 1.07 bits per heavy atom. The summed E-state index contributed by atoms with van der Waals surface area (Å²) in [6.07, 6.45) is 1.45. The molecule has 0 atom stereocenters. The molecule has 0 spiro atoms. The van der Waals surface area contributed by atoms with Crippen LogP contribution in [0.4, 0.5) is 11.4 Å². The van der Waals surface area contributed by atoms with Crippen LogP contribution in [0.2, 0.25) is 0 Å². The lowest BCUT2D eigenvalue weighted by atomic mass is 10.1. The third kappa shape index (κ3) is 4.17. The summed E-state index contributed by atoms with van der Waals surface area (Å²) in [5.74, 6) is -1.74. The number of para-hydroxylation sites is 1. The molecule has 6 nitrogen and oxygen atoms in total. The average Bonchev–Trinajstić information content (AvgIpc) is 2.95. The van der Waals surface area contributed by atoms with Crippen molar-refractivity contribution in [2.75, 3.05) is 16.8 Å². The van der Waals surface area contributed by atoms with Crippen molar-refractivity contribution < 1.29 is 19.1 Å². The Balaban J connectivity index is 1.88. The summed E-state index contributed by atoms with van der Waals surface area (Å²) < 4.78 is 5.12. The van der Waals surface area contributed by atoms with Crippen molar-refractivity contribution >= 4 is 40.8 Å². The summed E-state index contributed by atoms with van der Waals surface area (Å²) in [6, 6.07) is 13.7. The van der Waals surface area contributed by atoms with Crippen LogP contribution in [0.15, 0.2) is 59.3 Å². The van der Waals surface area contributed by atoms with Crippen molar-refractivity contribution in [2.45, 2.75) is 26.7 Å². The van der Waals surface area contributed by atoms with E-state index in [9.17, 15) is 14.4 Å². The number of hydrogen-bond donors (Lipinski definition) is 1. The number of carbonyl (C=O) groups excluding carboxylic acids is 3. The van der Waals surface area contributed by atoms with Crippen molar-refractivity contribution in [2.24, 2.45) is 0 Å². The number of amides is 2. The van der Waals surface area contributed by atoms with Crippen LogP contribution < -0.4 is 10.2 Å². The topological polar surface area (TPSA) is 75.7 Å². The van der Waals surface area contributed by atoms with Gasteiger partial charge in [-0.15, -0.1) is 0 Å². The van der Waals surface area contributed by atoms with E-state index in [0.29, 0.717) is 18.7 Å². The van der Waals surface area contributed by atoms with Gasteiger partial charge in [0.1, 0.15) is 10.7 Å². The maximum absolute atomic E-state index is 13.0. The number of esters is 1. The first-order valence-electron chi connectivity index (χ1n) is 9.38. The van der Waals surface area contributed by atoms with Crippen molar-refractivity contribution in [3.05, 3.63) is 70.4 Å². The lowest BCUT2D eigenvalue weighted by Crippen LogP contribution is -2.32. The molecule has 2 aromatic rings. The van der Waals surface area contributed by atoms with Gasteiger partial charge in [0, 0.05) is 5.69 Å². The number of rotatable bonds is 7. The molecule has 0 aromatic heterocycles. The number of anilines is 2. The van der Waals surface area contributed by atoms with Crippen LogP contribution in [0.3, 0.4) is 0 Å². The van der Waals surface area contributed by atoms with E-state index in [1.165, 1.54) is 6.07 Å². The summed E-state index contributed by atoms with van der Waals surface area (Å²) in [5, 5.41) is 2.80. The highest BCUT2D eigenvalue weighted by Crippen LogP contribution is 2.31. The summed E-state index contributed by atoms with van der Waals surface area (Å²) in [4.78, 5) is 38.7. The Hall–Kier alpha value is -3.12. The molecule has 0 fully saturated rings. The maximum atomic E-state index is 13.0. The number of aryl methyl sites for hydroxylation is 1. The number of halogens is 1. The highest BCUT2D eigenvalue weighted by Gasteiger charge is 2.39. The predicted molar refractivity (Wildman–Crippen MR) is 112 cm³/mol. The molecule has 0 bridgehead atoms. The van der Waals surface area contributed by atoms with E-state index < -0.39 is 17.8 Å². The zero-order valence-corrected chi connectivity index (χ0v) is 17.0. The first-order valence-corrected chi connectivity index (χ1v) is 9.76. The van der Waals surface area contributed by atoms with E-state index in [0.717, 1.165) is 16.9 Å². The summed E-state index contributed by atoms with van der Waals surface area (Å²) in [7, 11) is 0. The van der Waals surface area contributed by atoms with Gasteiger partial charge in [0.15, 0.2) is 0 Å². The molecule has 0 saturated carbocycles. The van der Waals surface area contributed by atoms with Crippen LogP contribution in [-0.2, 0) is 20.7 Å². The Morgan fingerprint density at radius 3 is 2.55 bits per heavy atom. The van der Waals surface area contributed by atoms with Gasteiger partial charge in [-0.05, 0) is 42.7 Å². The van der Waals surface area contributed by atoms with Gasteiger partial charge in [-0.25, -0.2) is 9.69 Å². The van der Waals surface area contributed by atoms with Gasteiger partial charge in [0.25, 0.3) is 11.8 Å². The van der Waals surface area contributed by atoms with Gasteiger partial charge in [-0.1, -0.05) is 49.7 Å². The van der Waals surface area contributed by atoms with Gasteiger partial charge >= 0.3 is 5.97 Å². The van der Waals surface area contributed by atoms with Crippen molar-refractivity contribution in [3.63, 3.8) is 0 Å². The number of carbonyl (C=O) groups is 3. The molecule has 0 radical (unpaired) electrons. The summed E-state index contributed by atoms with van der Waals surface area (Å²) in [6.45, 7) is 4.18. The zero-order valence-electron chi connectivity index (χ0n) is 16.2. The van der Waals surface area contributed by atoms with E-state index in [1.807, 2.05) is 38.1 Å². The third-order valence-corrected chi connectivity index (χ3v) is 4.81. The Morgan fingerprint density at radius 2 is 1.83 bits per heavy atom. The Bertz CT molecular complexity index is 1000. The zero-order chi connectivity index (χ0) is 21.0. The molecule has 2 amide bonds. The van der Waals surface area contributed by atoms with Crippen LogP contribution in [-0.4, -0.2) is 24.4 Å². The Labute approximate surface area is 174 Å². The second-order valence-corrected chi connectivity index (χ2v) is 6.83. The molecular formula is C22H21ClN2O4. The summed E-state index contributed by atoms with van der Waals surface area (Å²) >= 11 is 6.20. The normalized spacial score (nSPS) is 13.8. The van der Waals surface area contributed by atoms with E-state index in [4.69, 9.17) is 16.3 Å². The molecule has 1 aliphatic rings. The molecule has 7 heteroatoms. The fourth-order valence-corrected chi connectivity index (χ4v) is 3.19. The second kappa shape index (κ2) is 8.92. The van der Waals surface area contributed by atoms with Crippen LogP contribution in [0.5, 0.6) is 0 Å². The minimum atomic E-state index is -0.646. The molecule has 0 saturated heterocycles. The average molecular weight is 413 g/mol. The van der Waals surface area contributed by atoms with Crippen LogP contribution in [0.1, 0.15) is 36.2 Å². The predicted octanol–water partition coefficient (Wildman–Crippen LogP) is 4.25. The highest BCUT2D eigenvalue weighted by molar-refractivity contribution is 6.53. The van der Waals surface area contributed by atoms with Crippen LogP contribution in [0, 0.1) is 0 Å². The van der Waals surface area contributed by atoms with E-state index in [2.05, 4.69) is 5.32 Å². The SMILES string of the molecule is CCCOC(=O)c1cccc(N2C(=O)C(Cl)=C(Nc3ccccc3CC)C2=O)c1. The van der Waals surface area contributed by atoms with Gasteiger partial charge in [-0.3, -0.25) is 9.59 Å². The van der Waals surface area contributed by atoms with Gasteiger partial charge in [0.05, 0.1) is 17.9 Å². The quantitative estimate of drug-likeness (QED) is 0.543. The van der Waals surface area contributed by atoms with Crippen molar-refractivity contribution in [3.8, 4) is 0 Å². The second-order valence-electron chi connectivity index (χ2n) is 6.46. The van der Waals surface area contributed by atoms with Crippen molar-refractivity contribution in [1.82, 2.24) is 0 Å². The van der Waals surface area contributed by atoms with Gasteiger partial charge in [-0.2, -0.15) is 0 Å². The van der Waals surface area contributed by atoms with Gasteiger partial charge < -0.3 is 10.1 Å². The standard InChI is InChI=1S/C22H21ClN2O4/c1-3-12-29-22(28)15-9-7-10-16(13-15)25-20(26)18(23)19(21(25)27)24-17-11-6-5-8-14(17)4-2/h5-11,13,24H,3-4,12H2,1-2H3. The van der Waals surface area contributed by atoms with E-state index >= 15 is 0 Å². The Kier molecular flexibility index (Phi) is 6.34. The fourth-order valence-electron chi connectivity index (χ4n) is 2.98. The van der Waals surface area contributed by atoms with Gasteiger partial charge in [0.2, 0.25) is 0 Å². The highest BCUT2D eigenvalue weighted by atomic mass is 35.5. The number of nitrogens with one attached hydrogen (secondary N) is 1. The minimum absolute atomic E-state index is 0.0107. The number of imide groups is 1. The monoisotopic (exact) mass is 412 g/mol. The maximum Gasteiger partial charge on any atom is 0.338 e. The lowest BCUT2D eigenvalue weighted by molar-refractivity contribution is -0.120. The molecule has 0 unspecified atom stereocenters. The molecule has 2 aromatic carbocycles. The molecule has 150 valence electrons. The first-order chi connectivity index (χ1) is 14.0. The summed E-state index contributed by atoms with van der Waals surface area (Å²) in [5.41, 5.74) is 2.22. The van der Waals surface area contributed by atoms with E-state index in [-0.39, 0.29) is 22.0 Å². The van der Waals surface area contributed by atoms with Crippen LogP contribution >= 0.6 is 11.6 Å². The number of hydrogen-bond acceptors (Lipinski definition) is 5. The molecule has 3 rings (SSSR count). The molecular weight excluding hydrogens is 392 g/mol. The fraction of sp³-hybridized carbons (Fsp3) is 0.227. The van der Waals surface area contributed by atoms with Crippen molar-refractivity contribution in [1.29, 1.82) is 0 Å². The third-order valence-electron chi connectivity index (χ3n) is 4.46. The smallest absolute Gasteiger partial charge is 0.338 e. The number of nitrogens with zero attached hydrogens (tertiary/aromatic N) is 1. The first kappa shape index (κ1) is 20.6. The largest absolute Gasteiger partial charge is 0.462 e. The lowest BCUT2D eigenvalue weighted by Gasteiger charge is -2.16. The number of ether oxygens (including phenoxy) is 1. The number of benzene rings is 2. The molecule has 29 heavy (non-hydrogen) atoms. The van der Waals surface area contributed by atoms with E-state index in [1.54, 1.807) is 18.2 Å². The minimum Gasteiger partial charge on any atom is -0.462 e.